The second-order valence-corrected chi connectivity index (χ2v) is 11.8. The van der Waals surface area contributed by atoms with E-state index in [1.54, 1.807) is 41.5 Å². The monoisotopic (exact) mass is 365 g/mol. The van der Waals surface area contributed by atoms with E-state index in [1.165, 1.54) is 5.20 Å². The summed E-state index contributed by atoms with van der Waals surface area (Å²) in [6, 6.07) is 0. The maximum atomic E-state index is 8.06. The van der Waals surface area contributed by atoms with Crippen LogP contribution in [0.5, 0.6) is 0 Å². The van der Waals surface area contributed by atoms with Gasteiger partial charge in [0.25, 0.3) is 0 Å². The summed E-state index contributed by atoms with van der Waals surface area (Å²) in [5, 5.41) is 25.7. The van der Waals surface area contributed by atoms with Crippen LogP contribution in [0.1, 0.15) is 48.0 Å². The number of allylic oxidation sites excluding steroid dienone is 4. The molecule has 0 heterocycles. The summed E-state index contributed by atoms with van der Waals surface area (Å²) in [5.41, 5.74) is 0. The van der Waals surface area contributed by atoms with E-state index >= 15 is 0 Å². The number of hydrogen-bond acceptors (Lipinski definition) is 3. The Labute approximate surface area is 154 Å². The fourth-order valence-corrected chi connectivity index (χ4v) is 2.17. The first-order chi connectivity index (χ1) is 9.30. The van der Waals surface area contributed by atoms with Crippen LogP contribution in [0.2, 0.25) is 19.6 Å². The van der Waals surface area contributed by atoms with E-state index in [2.05, 4.69) is 37.9 Å². The molecule has 0 saturated heterocycles. The molecular weight excluding hydrogens is 328 g/mol. The third-order valence-corrected chi connectivity index (χ3v) is 3.46. The van der Waals surface area contributed by atoms with Gasteiger partial charge in [-0.15, -0.1) is 6.42 Å². The zero-order valence-electron chi connectivity index (χ0n) is 15.9. The molecule has 0 aliphatic heterocycles. The van der Waals surface area contributed by atoms with Crippen molar-refractivity contribution >= 4 is 8.07 Å². The molecule has 3 N–H and O–H groups in total. The number of hydrogen-bond donors (Lipinski definition) is 3. The molecule has 0 spiro atoms. The van der Waals surface area contributed by atoms with Crippen LogP contribution in [0.3, 0.4) is 0 Å². The van der Waals surface area contributed by atoms with E-state index in [4.69, 9.17) is 15.3 Å². The minimum Gasteiger partial charge on any atom is -0.394 e. The first-order valence-corrected chi connectivity index (χ1v) is 11.1. The van der Waals surface area contributed by atoms with E-state index < -0.39 is 8.07 Å². The van der Waals surface area contributed by atoms with Gasteiger partial charge >= 0.3 is 0 Å². The van der Waals surface area contributed by atoms with E-state index in [-0.39, 0.29) is 40.0 Å². The van der Waals surface area contributed by atoms with Crippen molar-refractivity contribution in [1.29, 1.82) is 0 Å². The van der Waals surface area contributed by atoms with Gasteiger partial charge < -0.3 is 15.3 Å². The van der Waals surface area contributed by atoms with Crippen LogP contribution in [-0.4, -0.2) is 41.7 Å². The average molecular weight is 365 g/mol. The molecule has 0 amide bonds. The minimum atomic E-state index is -1.01. The van der Waals surface area contributed by atoms with Gasteiger partial charge in [0.05, 0.1) is 0 Å². The van der Waals surface area contributed by atoms with Gasteiger partial charge in [-0.2, -0.15) is 6.08 Å². The standard InChI is InChI=1S/C8H13Si.3C3H8O.Ti/c1-9(2,3)8-6-4-5-7-8;3*1-3(2)4;/h4,6H,5H2,1-3H3;3*3-4H,1-2H3;/q-1;;;;. The zero-order chi connectivity index (χ0) is 17.6. The molecule has 0 atom stereocenters. The van der Waals surface area contributed by atoms with E-state index in [0.717, 1.165) is 6.42 Å². The molecular formula is C17H37O3SiTi-. The maximum Gasteiger partial charge on any atom is 0.0483 e. The van der Waals surface area contributed by atoms with Crippen molar-refractivity contribution in [2.24, 2.45) is 0 Å². The molecule has 1 aliphatic rings. The molecule has 3 nitrogen and oxygen atoms in total. The van der Waals surface area contributed by atoms with Gasteiger partial charge in [-0.3, -0.25) is 6.08 Å². The average Bonchev–Trinajstić information content (AvgIpc) is 2.64. The fourth-order valence-electron chi connectivity index (χ4n) is 0.920. The second-order valence-electron chi connectivity index (χ2n) is 6.73. The van der Waals surface area contributed by atoms with Crippen LogP contribution in [0.15, 0.2) is 17.3 Å². The molecule has 132 valence electrons. The van der Waals surface area contributed by atoms with Gasteiger partial charge in [-0.05, 0) is 41.5 Å². The van der Waals surface area contributed by atoms with Crippen LogP contribution in [0.25, 0.3) is 0 Å². The van der Waals surface area contributed by atoms with Gasteiger partial charge in [0.1, 0.15) is 0 Å². The Morgan fingerprint density at radius 2 is 1.14 bits per heavy atom. The molecule has 0 fully saturated rings. The Morgan fingerprint density at radius 3 is 1.23 bits per heavy atom. The summed E-state index contributed by atoms with van der Waals surface area (Å²) in [6.07, 6.45) is 8.32. The molecule has 1 aliphatic carbocycles. The second kappa shape index (κ2) is 17.6. The van der Waals surface area contributed by atoms with Crippen molar-refractivity contribution in [2.75, 3.05) is 0 Å². The molecule has 0 aromatic carbocycles. The van der Waals surface area contributed by atoms with Crippen molar-refractivity contribution in [1.82, 2.24) is 0 Å². The Hall–Kier alpha value is 0.291. The zero-order valence-corrected chi connectivity index (χ0v) is 18.5. The van der Waals surface area contributed by atoms with Gasteiger partial charge in [-0.25, -0.2) is 11.3 Å². The Morgan fingerprint density at radius 1 is 0.864 bits per heavy atom. The smallest absolute Gasteiger partial charge is 0.0483 e. The molecule has 22 heavy (non-hydrogen) atoms. The van der Waals surface area contributed by atoms with Crippen LogP contribution in [0, 0.1) is 6.08 Å². The molecule has 0 saturated carbocycles. The first kappa shape index (κ1) is 30.2. The molecule has 5 heteroatoms. The molecule has 1 rings (SSSR count). The SMILES string of the molecule is CC(C)O.CC(C)O.CC(C)O.C[Si](C)(C)C1=[C-]CC=C1.[Ti]. The molecule has 0 unspecified atom stereocenters. The Kier molecular flexibility index (Phi) is 24.2. The van der Waals surface area contributed by atoms with E-state index in [9.17, 15) is 0 Å². The van der Waals surface area contributed by atoms with Crippen LogP contribution in [0.4, 0.5) is 0 Å². The molecule has 0 aromatic rings. The largest absolute Gasteiger partial charge is 0.394 e. The van der Waals surface area contributed by atoms with Crippen LogP contribution < -0.4 is 0 Å². The predicted octanol–water partition coefficient (Wildman–Crippen LogP) is 3.71. The summed E-state index contributed by atoms with van der Waals surface area (Å²) >= 11 is 0. The minimum absolute atomic E-state index is 0. The topological polar surface area (TPSA) is 60.7 Å². The van der Waals surface area contributed by atoms with E-state index in [0.29, 0.717) is 0 Å². The summed E-state index contributed by atoms with van der Waals surface area (Å²) in [6.45, 7) is 17.4. The summed E-state index contributed by atoms with van der Waals surface area (Å²) in [7, 11) is -1.01. The summed E-state index contributed by atoms with van der Waals surface area (Å²) in [4.78, 5) is 0. The van der Waals surface area contributed by atoms with Crippen LogP contribution >= 0.6 is 0 Å². The Bertz CT molecular complexity index is 258. The Balaban J connectivity index is -0.000000107. The fraction of sp³-hybridized carbons (Fsp3) is 0.765. The van der Waals surface area contributed by atoms with Gasteiger partial charge in [0.15, 0.2) is 0 Å². The van der Waals surface area contributed by atoms with E-state index in [1.807, 2.05) is 0 Å². The normalized spacial score (nSPS) is 12.4. The quantitative estimate of drug-likeness (QED) is 0.490. The van der Waals surface area contributed by atoms with Gasteiger partial charge in [0.2, 0.25) is 0 Å². The third kappa shape index (κ3) is 42.7. The van der Waals surface area contributed by atoms with Gasteiger partial charge in [0, 0.05) is 48.1 Å². The van der Waals surface area contributed by atoms with Crippen molar-refractivity contribution < 1.29 is 37.0 Å². The molecule has 0 bridgehead atoms. The summed E-state index contributed by atoms with van der Waals surface area (Å²) < 4.78 is 0. The van der Waals surface area contributed by atoms with Crippen molar-refractivity contribution in [3.8, 4) is 0 Å². The van der Waals surface area contributed by atoms with Crippen molar-refractivity contribution in [2.45, 2.75) is 85.9 Å². The van der Waals surface area contributed by atoms with Crippen molar-refractivity contribution in [3.05, 3.63) is 23.4 Å². The van der Waals surface area contributed by atoms with Crippen LogP contribution in [-0.2, 0) is 21.7 Å². The first-order valence-electron chi connectivity index (χ1n) is 7.62. The number of aliphatic hydroxyl groups excluding tert-OH is 3. The predicted molar refractivity (Wildman–Crippen MR) is 95.9 cm³/mol. The third-order valence-electron chi connectivity index (χ3n) is 1.50. The van der Waals surface area contributed by atoms with Gasteiger partial charge in [-0.1, -0.05) is 19.6 Å². The number of aliphatic hydroxyl groups is 3. The number of rotatable bonds is 1. The molecule has 0 radical (unpaired) electrons. The maximum absolute atomic E-state index is 8.06. The molecule has 0 aromatic heterocycles. The van der Waals surface area contributed by atoms with Crippen molar-refractivity contribution in [3.63, 3.8) is 0 Å². The summed E-state index contributed by atoms with van der Waals surface area (Å²) in [5.74, 6) is 0.